The van der Waals surface area contributed by atoms with Gasteiger partial charge in [-0.3, -0.25) is 0 Å². The molecule has 0 unspecified atom stereocenters. The van der Waals surface area contributed by atoms with E-state index in [9.17, 15) is 0 Å². The van der Waals surface area contributed by atoms with Crippen molar-refractivity contribution < 1.29 is 0 Å². The van der Waals surface area contributed by atoms with Gasteiger partial charge >= 0.3 is 0 Å². The van der Waals surface area contributed by atoms with Gasteiger partial charge in [0.2, 0.25) is 7.41 Å². The molecule has 0 aliphatic carbocycles. The van der Waals surface area contributed by atoms with E-state index >= 15 is 0 Å². The van der Waals surface area contributed by atoms with Gasteiger partial charge in [0, 0.05) is 5.02 Å². The summed E-state index contributed by atoms with van der Waals surface area (Å²) in [5, 5.41) is 0.788. The number of halogens is 1. The summed E-state index contributed by atoms with van der Waals surface area (Å²) in [6, 6.07) is 8.94. The van der Waals surface area contributed by atoms with Crippen LogP contribution in [0.2, 0.25) is 5.02 Å². The first kappa shape index (κ1) is 12.6. The van der Waals surface area contributed by atoms with Crippen LogP contribution in [-0.4, -0.2) is 24.3 Å². The van der Waals surface area contributed by atoms with E-state index in [-0.39, 0.29) is 0 Å². The Hall–Kier alpha value is -0.465. The van der Waals surface area contributed by atoms with Crippen LogP contribution in [0.25, 0.3) is 0 Å². The van der Waals surface area contributed by atoms with E-state index in [0.29, 0.717) is 12.1 Å². The molecule has 1 nitrogen and oxygen atoms in total. The maximum absolute atomic E-state index is 5.95. The third kappa shape index (κ3) is 3.88. The van der Waals surface area contributed by atoms with E-state index in [1.807, 2.05) is 18.2 Å². The van der Waals surface area contributed by atoms with E-state index in [4.69, 9.17) is 11.6 Å². The van der Waals surface area contributed by atoms with Gasteiger partial charge in [-0.15, -0.1) is 0 Å². The van der Waals surface area contributed by atoms with Crippen molar-refractivity contribution in [2.75, 3.05) is 0 Å². The van der Waals surface area contributed by atoms with E-state index in [1.54, 1.807) is 0 Å². The van der Waals surface area contributed by atoms with Gasteiger partial charge in [0.25, 0.3) is 0 Å². The number of hydrogen-bond acceptors (Lipinski definition) is 1. The van der Waals surface area contributed by atoms with Gasteiger partial charge in [-0.2, -0.15) is 0 Å². The minimum atomic E-state index is 0.504. The SMILES string of the molecule is CC(C)N([B]c1cccc(Cl)c1)C(C)C. The standard InChI is InChI=1S/C12H18BClN/c1-9(2)15(10(3)4)13-11-6-5-7-12(14)8-11/h5-10H,1-4H3. The summed E-state index contributed by atoms with van der Waals surface area (Å²) < 4.78 is 0. The van der Waals surface area contributed by atoms with Gasteiger partial charge in [-0.05, 0) is 24.2 Å². The van der Waals surface area contributed by atoms with E-state index < -0.39 is 0 Å². The van der Waals surface area contributed by atoms with Crippen molar-refractivity contribution in [1.29, 1.82) is 0 Å². The van der Waals surface area contributed by atoms with Crippen molar-refractivity contribution in [3.8, 4) is 0 Å². The molecule has 0 aromatic heterocycles. The molecule has 0 N–H and O–H groups in total. The molecule has 0 amide bonds. The second kappa shape index (κ2) is 5.57. The Morgan fingerprint density at radius 1 is 1.13 bits per heavy atom. The molecular formula is C12H18BClN. The zero-order valence-electron chi connectivity index (χ0n) is 9.87. The fourth-order valence-corrected chi connectivity index (χ4v) is 1.85. The average molecular weight is 223 g/mol. The zero-order valence-corrected chi connectivity index (χ0v) is 10.6. The van der Waals surface area contributed by atoms with Crippen LogP contribution in [0, 0.1) is 0 Å². The molecule has 0 atom stereocenters. The molecule has 0 spiro atoms. The number of benzene rings is 1. The third-order valence-electron chi connectivity index (χ3n) is 2.34. The van der Waals surface area contributed by atoms with Crippen molar-refractivity contribution in [3.63, 3.8) is 0 Å². The summed E-state index contributed by atoms with van der Waals surface area (Å²) in [4.78, 5) is 2.33. The second-order valence-corrected chi connectivity index (χ2v) is 4.76. The average Bonchev–Trinajstić information content (AvgIpc) is 2.13. The fourth-order valence-electron chi connectivity index (χ4n) is 1.65. The zero-order chi connectivity index (χ0) is 11.4. The van der Waals surface area contributed by atoms with Crippen LogP contribution in [0.15, 0.2) is 24.3 Å². The molecule has 0 bridgehead atoms. The van der Waals surface area contributed by atoms with Crippen molar-refractivity contribution in [2.45, 2.75) is 39.8 Å². The van der Waals surface area contributed by atoms with Crippen LogP contribution in [0.5, 0.6) is 0 Å². The molecule has 0 saturated carbocycles. The van der Waals surface area contributed by atoms with Crippen molar-refractivity contribution in [1.82, 2.24) is 4.81 Å². The van der Waals surface area contributed by atoms with Crippen LogP contribution in [0.4, 0.5) is 0 Å². The molecule has 1 rings (SSSR count). The van der Waals surface area contributed by atoms with Gasteiger partial charge in [0.05, 0.1) is 0 Å². The Kier molecular flexibility index (Phi) is 4.68. The number of hydrogen-bond donors (Lipinski definition) is 0. The van der Waals surface area contributed by atoms with Crippen molar-refractivity contribution in [3.05, 3.63) is 29.3 Å². The summed E-state index contributed by atoms with van der Waals surface area (Å²) in [5.41, 5.74) is 1.16. The summed E-state index contributed by atoms with van der Waals surface area (Å²) in [6.45, 7) is 8.78. The lowest BCUT2D eigenvalue weighted by Gasteiger charge is -2.30. The van der Waals surface area contributed by atoms with Crippen LogP contribution in [0.3, 0.4) is 0 Å². The van der Waals surface area contributed by atoms with E-state index in [0.717, 1.165) is 10.5 Å². The summed E-state index contributed by atoms with van der Waals surface area (Å²) >= 11 is 5.95. The molecule has 0 fully saturated rings. The van der Waals surface area contributed by atoms with Gasteiger partial charge < -0.3 is 4.81 Å². The number of rotatable bonds is 4. The quantitative estimate of drug-likeness (QED) is 0.708. The van der Waals surface area contributed by atoms with E-state index in [1.165, 1.54) is 0 Å². The molecule has 15 heavy (non-hydrogen) atoms. The molecule has 0 heterocycles. The molecule has 1 aromatic rings. The monoisotopic (exact) mass is 222 g/mol. The minimum Gasteiger partial charge on any atom is -0.338 e. The predicted molar refractivity (Wildman–Crippen MR) is 69.0 cm³/mol. The summed E-state index contributed by atoms with van der Waals surface area (Å²) in [6.07, 6.45) is 0. The Balaban J connectivity index is 2.74. The Labute approximate surface area is 98.7 Å². The smallest absolute Gasteiger partial charge is 0.248 e. The lowest BCUT2D eigenvalue weighted by molar-refractivity contribution is 0.315. The first-order valence-electron chi connectivity index (χ1n) is 5.38. The molecule has 3 heteroatoms. The minimum absolute atomic E-state index is 0.504. The maximum atomic E-state index is 5.95. The number of nitrogens with zero attached hydrogens (tertiary/aromatic N) is 1. The third-order valence-corrected chi connectivity index (χ3v) is 2.57. The molecule has 1 aromatic carbocycles. The highest BCUT2D eigenvalue weighted by Crippen LogP contribution is 2.06. The summed E-state index contributed by atoms with van der Waals surface area (Å²) in [5.74, 6) is 0. The second-order valence-electron chi connectivity index (χ2n) is 4.32. The maximum Gasteiger partial charge on any atom is 0.248 e. The fraction of sp³-hybridized carbons (Fsp3) is 0.500. The Morgan fingerprint density at radius 3 is 2.20 bits per heavy atom. The molecule has 1 radical (unpaired) electrons. The van der Waals surface area contributed by atoms with Crippen LogP contribution in [-0.2, 0) is 0 Å². The van der Waals surface area contributed by atoms with Crippen LogP contribution < -0.4 is 5.46 Å². The Morgan fingerprint density at radius 2 is 1.73 bits per heavy atom. The van der Waals surface area contributed by atoms with Crippen LogP contribution >= 0.6 is 11.6 Å². The highest BCUT2D eigenvalue weighted by Gasteiger charge is 2.15. The largest absolute Gasteiger partial charge is 0.338 e. The van der Waals surface area contributed by atoms with Crippen molar-refractivity contribution in [2.24, 2.45) is 0 Å². The van der Waals surface area contributed by atoms with Gasteiger partial charge in [0.15, 0.2) is 0 Å². The molecule has 0 aliphatic heterocycles. The summed E-state index contributed by atoms with van der Waals surface area (Å²) in [7, 11) is 2.17. The van der Waals surface area contributed by atoms with E-state index in [2.05, 4.69) is 46.0 Å². The molecule has 81 valence electrons. The van der Waals surface area contributed by atoms with Crippen molar-refractivity contribution >= 4 is 24.5 Å². The Bertz CT molecular complexity index is 304. The first-order valence-corrected chi connectivity index (χ1v) is 5.76. The van der Waals surface area contributed by atoms with Gasteiger partial charge in [0.1, 0.15) is 0 Å². The lowest BCUT2D eigenvalue weighted by Crippen LogP contribution is -2.45. The van der Waals surface area contributed by atoms with Gasteiger partial charge in [-0.25, -0.2) is 0 Å². The lowest BCUT2D eigenvalue weighted by atomic mass is 9.78. The predicted octanol–water partition coefficient (Wildman–Crippen LogP) is 2.70. The first-order chi connectivity index (χ1) is 7.00. The normalized spacial score (nSPS) is 11.5. The molecule has 0 saturated heterocycles. The molecular weight excluding hydrogens is 204 g/mol. The molecule has 0 aliphatic rings. The highest BCUT2D eigenvalue weighted by molar-refractivity contribution is 6.51. The highest BCUT2D eigenvalue weighted by atomic mass is 35.5. The van der Waals surface area contributed by atoms with Gasteiger partial charge in [-0.1, -0.05) is 56.9 Å². The topological polar surface area (TPSA) is 3.24 Å². The van der Waals surface area contributed by atoms with Crippen LogP contribution in [0.1, 0.15) is 27.7 Å².